The Morgan fingerprint density at radius 1 is 1.33 bits per heavy atom. The quantitative estimate of drug-likeness (QED) is 0.657. The van der Waals surface area contributed by atoms with Crippen LogP contribution in [0.15, 0.2) is 0 Å². The number of carbonyl (C=O) groups excluding carboxylic acids is 1. The first kappa shape index (κ1) is 14.4. The summed E-state index contributed by atoms with van der Waals surface area (Å²) >= 11 is 0. The van der Waals surface area contributed by atoms with E-state index in [4.69, 9.17) is 0 Å². The van der Waals surface area contributed by atoms with Crippen LogP contribution in [0.3, 0.4) is 0 Å². The monoisotopic (exact) mass is 236 g/mol. The minimum absolute atomic E-state index is 0.00766. The topological polar surface area (TPSA) is 75.3 Å². The molecule has 5 nitrogen and oxygen atoms in total. The third kappa shape index (κ3) is 8.38. The predicted molar refractivity (Wildman–Crippen MR) is 59.9 cm³/mol. The zero-order valence-corrected chi connectivity index (χ0v) is 10.4. The molecule has 0 heterocycles. The molecule has 6 heteroatoms. The number of carbonyl (C=O) groups is 1. The molecule has 0 unspecified atom stereocenters. The smallest absolute Gasteiger partial charge is 0.235 e. The third-order valence-electron chi connectivity index (χ3n) is 1.88. The van der Waals surface area contributed by atoms with Gasteiger partial charge in [0.1, 0.15) is 0 Å². The molecule has 0 spiro atoms. The molecule has 0 fully saturated rings. The molecule has 0 aromatic rings. The summed E-state index contributed by atoms with van der Waals surface area (Å²) in [5, 5.41) is 2.64. The summed E-state index contributed by atoms with van der Waals surface area (Å²) in [4.78, 5) is 11.1. The Balaban J connectivity index is 3.67. The molecule has 1 amide bonds. The minimum Gasteiger partial charge on any atom is -0.355 e. The van der Waals surface area contributed by atoms with E-state index in [9.17, 15) is 13.2 Å². The zero-order valence-electron chi connectivity index (χ0n) is 9.54. The van der Waals surface area contributed by atoms with E-state index in [2.05, 4.69) is 23.9 Å². The molecule has 0 saturated carbocycles. The van der Waals surface area contributed by atoms with Gasteiger partial charge in [0.05, 0.1) is 12.3 Å². The van der Waals surface area contributed by atoms with Crippen molar-refractivity contribution >= 4 is 15.9 Å². The normalized spacial score (nSPS) is 11.7. The largest absolute Gasteiger partial charge is 0.355 e. The van der Waals surface area contributed by atoms with Crippen molar-refractivity contribution in [2.24, 2.45) is 5.92 Å². The van der Waals surface area contributed by atoms with E-state index in [1.165, 1.54) is 6.92 Å². The second kappa shape index (κ2) is 6.79. The molecule has 0 aromatic heterocycles. The minimum atomic E-state index is -3.27. The molecule has 15 heavy (non-hydrogen) atoms. The van der Waals surface area contributed by atoms with Gasteiger partial charge in [-0.05, 0) is 19.3 Å². The van der Waals surface area contributed by atoms with Gasteiger partial charge in [0.25, 0.3) is 0 Å². The number of hydrogen-bond acceptors (Lipinski definition) is 3. The average Bonchev–Trinajstić information content (AvgIpc) is 2.14. The number of rotatable bonds is 7. The Kier molecular flexibility index (Phi) is 6.51. The summed E-state index contributed by atoms with van der Waals surface area (Å²) in [5.41, 5.74) is 0. The van der Waals surface area contributed by atoms with E-state index in [0.29, 0.717) is 12.5 Å². The highest BCUT2D eigenvalue weighted by Crippen LogP contribution is 1.95. The standard InChI is InChI=1S/C9H20N2O3S/c1-4-15(13,14)11-7-9(12)10-6-5-8(2)3/h8,11H,4-7H2,1-3H3,(H,10,12). The van der Waals surface area contributed by atoms with Gasteiger partial charge in [-0.15, -0.1) is 0 Å². The van der Waals surface area contributed by atoms with Crippen LogP contribution in [0.4, 0.5) is 0 Å². The SMILES string of the molecule is CCS(=O)(=O)NCC(=O)NCCC(C)C. The van der Waals surface area contributed by atoms with E-state index in [-0.39, 0.29) is 18.2 Å². The first-order valence-electron chi connectivity index (χ1n) is 5.11. The maximum atomic E-state index is 11.1. The van der Waals surface area contributed by atoms with Crippen LogP contribution in [0.1, 0.15) is 27.2 Å². The van der Waals surface area contributed by atoms with Crippen molar-refractivity contribution < 1.29 is 13.2 Å². The fraction of sp³-hybridized carbons (Fsp3) is 0.889. The van der Waals surface area contributed by atoms with Gasteiger partial charge in [0.15, 0.2) is 0 Å². The lowest BCUT2D eigenvalue weighted by molar-refractivity contribution is -0.119. The Morgan fingerprint density at radius 3 is 2.40 bits per heavy atom. The molecule has 0 radical (unpaired) electrons. The van der Waals surface area contributed by atoms with Crippen molar-refractivity contribution in [1.29, 1.82) is 0 Å². The van der Waals surface area contributed by atoms with Crippen LogP contribution in [0.2, 0.25) is 0 Å². The molecule has 0 aliphatic rings. The molecule has 0 atom stereocenters. The van der Waals surface area contributed by atoms with Crippen LogP contribution < -0.4 is 10.0 Å². The first-order chi connectivity index (χ1) is 6.87. The van der Waals surface area contributed by atoms with Crippen LogP contribution in [0.5, 0.6) is 0 Å². The Labute approximate surface area is 91.7 Å². The van der Waals surface area contributed by atoms with Crippen molar-refractivity contribution in [1.82, 2.24) is 10.0 Å². The molecule has 0 aliphatic heterocycles. The molecular formula is C9H20N2O3S. The molecular weight excluding hydrogens is 216 g/mol. The summed E-state index contributed by atoms with van der Waals surface area (Å²) in [6.07, 6.45) is 0.895. The first-order valence-corrected chi connectivity index (χ1v) is 6.76. The lowest BCUT2D eigenvalue weighted by atomic mass is 10.1. The zero-order chi connectivity index (χ0) is 11.9. The van der Waals surface area contributed by atoms with Gasteiger partial charge in [0.2, 0.25) is 15.9 Å². The van der Waals surface area contributed by atoms with Gasteiger partial charge in [-0.25, -0.2) is 13.1 Å². The summed E-state index contributed by atoms with van der Waals surface area (Å²) < 4.78 is 24.2. The number of amides is 1. The van der Waals surface area contributed by atoms with E-state index >= 15 is 0 Å². The fourth-order valence-corrected chi connectivity index (χ4v) is 1.40. The highest BCUT2D eigenvalue weighted by molar-refractivity contribution is 7.89. The van der Waals surface area contributed by atoms with Crippen molar-refractivity contribution in [2.75, 3.05) is 18.8 Å². The van der Waals surface area contributed by atoms with Crippen molar-refractivity contribution in [3.8, 4) is 0 Å². The lowest BCUT2D eigenvalue weighted by Gasteiger charge is -2.07. The van der Waals surface area contributed by atoms with Crippen LogP contribution in [0, 0.1) is 5.92 Å². The Bertz CT molecular complexity index is 286. The van der Waals surface area contributed by atoms with Crippen LogP contribution in [0.25, 0.3) is 0 Å². The number of sulfonamides is 1. The fourth-order valence-electron chi connectivity index (χ4n) is 0.840. The lowest BCUT2D eigenvalue weighted by Crippen LogP contribution is -2.38. The molecule has 2 N–H and O–H groups in total. The molecule has 0 rings (SSSR count). The Hall–Kier alpha value is -0.620. The van der Waals surface area contributed by atoms with Crippen LogP contribution in [-0.4, -0.2) is 33.2 Å². The van der Waals surface area contributed by atoms with Crippen LogP contribution in [-0.2, 0) is 14.8 Å². The van der Waals surface area contributed by atoms with E-state index < -0.39 is 10.0 Å². The number of hydrogen-bond donors (Lipinski definition) is 2. The summed E-state index contributed by atoms with van der Waals surface area (Å²) in [5.74, 6) is 0.233. The second-order valence-corrected chi connectivity index (χ2v) is 5.85. The van der Waals surface area contributed by atoms with Gasteiger partial charge in [-0.1, -0.05) is 13.8 Å². The van der Waals surface area contributed by atoms with E-state index in [0.717, 1.165) is 6.42 Å². The predicted octanol–water partition coefficient (Wildman–Crippen LogP) is 0.0880. The van der Waals surface area contributed by atoms with Crippen molar-refractivity contribution in [2.45, 2.75) is 27.2 Å². The summed E-state index contributed by atoms with van der Waals surface area (Å²) in [6.45, 7) is 6.06. The maximum absolute atomic E-state index is 11.1. The van der Waals surface area contributed by atoms with Gasteiger partial charge >= 0.3 is 0 Å². The molecule has 0 aliphatic carbocycles. The van der Waals surface area contributed by atoms with E-state index in [1.807, 2.05) is 0 Å². The van der Waals surface area contributed by atoms with Gasteiger partial charge in [-0.3, -0.25) is 4.79 Å². The van der Waals surface area contributed by atoms with Crippen molar-refractivity contribution in [3.63, 3.8) is 0 Å². The highest BCUT2D eigenvalue weighted by Gasteiger charge is 2.08. The molecule has 0 saturated heterocycles. The maximum Gasteiger partial charge on any atom is 0.235 e. The third-order valence-corrected chi connectivity index (χ3v) is 3.22. The summed E-state index contributed by atoms with van der Waals surface area (Å²) in [7, 11) is -3.27. The van der Waals surface area contributed by atoms with Gasteiger partial charge < -0.3 is 5.32 Å². The molecule has 90 valence electrons. The molecule has 0 bridgehead atoms. The van der Waals surface area contributed by atoms with Crippen molar-refractivity contribution in [3.05, 3.63) is 0 Å². The van der Waals surface area contributed by atoms with E-state index in [1.54, 1.807) is 0 Å². The van der Waals surface area contributed by atoms with Gasteiger partial charge in [-0.2, -0.15) is 0 Å². The number of nitrogens with one attached hydrogen (secondary N) is 2. The highest BCUT2D eigenvalue weighted by atomic mass is 32.2. The molecule has 0 aromatic carbocycles. The average molecular weight is 236 g/mol. The van der Waals surface area contributed by atoms with Gasteiger partial charge in [0, 0.05) is 6.54 Å². The summed E-state index contributed by atoms with van der Waals surface area (Å²) in [6, 6.07) is 0. The second-order valence-electron chi connectivity index (χ2n) is 3.76. The Morgan fingerprint density at radius 2 is 1.93 bits per heavy atom. The van der Waals surface area contributed by atoms with Crippen LogP contribution >= 0.6 is 0 Å².